The molecule has 2 aliphatic heterocycles. The van der Waals surface area contributed by atoms with Crippen molar-refractivity contribution < 1.29 is 19.4 Å². The number of fused-ring (bicyclic) bond motifs is 1. The van der Waals surface area contributed by atoms with E-state index in [1.54, 1.807) is 7.11 Å². The summed E-state index contributed by atoms with van der Waals surface area (Å²) in [4.78, 5) is 14.7. The second kappa shape index (κ2) is 9.46. The fourth-order valence-corrected chi connectivity index (χ4v) is 3.77. The molecule has 0 aromatic heterocycles. The van der Waals surface area contributed by atoms with Crippen LogP contribution in [-0.2, 0) is 27.2 Å². The summed E-state index contributed by atoms with van der Waals surface area (Å²) in [5.74, 6) is -0.244. The molecule has 1 fully saturated rings. The Morgan fingerprint density at radius 1 is 1.35 bits per heavy atom. The lowest BCUT2D eigenvalue weighted by Gasteiger charge is -2.35. The number of amides is 1. The fraction of sp³-hybridized carbons (Fsp3) is 0.650. The van der Waals surface area contributed by atoms with Crippen molar-refractivity contribution in [2.75, 3.05) is 33.4 Å². The third-order valence-corrected chi connectivity index (χ3v) is 5.31. The molecule has 0 saturated carbocycles. The van der Waals surface area contributed by atoms with E-state index in [0.29, 0.717) is 19.6 Å². The molecule has 3 atom stereocenters. The highest BCUT2D eigenvalue weighted by molar-refractivity contribution is 5.81. The number of benzene rings is 1. The van der Waals surface area contributed by atoms with Gasteiger partial charge >= 0.3 is 0 Å². The molecule has 2 heterocycles. The number of rotatable bonds is 7. The number of carbonyl (C=O) groups excluding carboxylic acids is 1. The average molecular weight is 362 g/mol. The van der Waals surface area contributed by atoms with Gasteiger partial charge in [0.05, 0.1) is 18.8 Å². The highest BCUT2D eigenvalue weighted by Gasteiger charge is 2.35. The molecule has 6 heteroatoms. The van der Waals surface area contributed by atoms with Gasteiger partial charge in [-0.1, -0.05) is 24.3 Å². The van der Waals surface area contributed by atoms with Crippen molar-refractivity contribution in [2.24, 2.45) is 0 Å². The normalized spacial score (nSPS) is 26.3. The number of hydrogen-bond acceptors (Lipinski definition) is 5. The van der Waals surface area contributed by atoms with E-state index < -0.39 is 12.2 Å². The molecule has 0 aliphatic carbocycles. The van der Waals surface area contributed by atoms with Crippen LogP contribution in [-0.4, -0.2) is 67.6 Å². The van der Waals surface area contributed by atoms with Gasteiger partial charge in [0.1, 0.15) is 0 Å². The lowest BCUT2D eigenvalue weighted by atomic mass is 9.97. The molecule has 0 bridgehead atoms. The minimum atomic E-state index is -0.771. The maximum atomic E-state index is 12.2. The Labute approximate surface area is 155 Å². The molecule has 26 heavy (non-hydrogen) atoms. The van der Waals surface area contributed by atoms with Crippen LogP contribution in [0.2, 0.25) is 0 Å². The Balaban J connectivity index is 1.46. The van der Waals surface area contributed by atoms with Crippen LogP contribution in [0.15, 0.2) is 24.3 Å². The zero-order valence-electron chi connectivity index (χ0n) is 15.5. The largest absolute Gasteiger partial charge is 0.390 e. The van der Waals surface area contributed by atoms with Crippen molar-refractivity contribution in [3.8, 4) is 0 Å². The SMILES string of the molecule is COCCNC(=O)[C@H]1O[C@H](CCN2CCc3ccccc3C2)CC[C@@H]1O. The number of nitrogens with one attached hydrogen (secondary N) is 1. The highest BCUT2D eigenvalue weighted by Crippen LogP contribution is 2.24. The molecule has 0 spiro atoms. The molecule has 6 nitrogen and oxygen atoms in total. The Morgan fingerprint density at radius 2 is 2.15 bits per heavy atom. The van der Waals surface area contributed by atoms with E-state index in [-0.39, 0.29) is 12.0 Å². The van der Waals surface area contributed by atoms with Gasteiger partial charge in [-0.15, -0.1) is 0 Å². The monoisotopic (exact) mass is 362 g/mol. The molecule has 144 valence electrons. The van der Waals surface area contributed by atoms with Crippen molar-refractivity contribution in [3.63, 3.8) is 0 Å². The highest BCUT2D eigenvalue weighted by atomic mass is 16.5. The summed E-state index contributed by atoms with van der Waals surface area (Å²) in [6.45, 7) is 3.88. The van der Waals surface area contributed by atoms with E-state index in [1.807, 2.05) is 0 Å². The van der Waals surface area contributed by atoms with Crippen molar-refractivity contribution in [3.05, 3.63) is 35.4 Å². The Hall–Kier alpha value is -1.47. The average Bonchev–Trinajstić information content (AvgIpc) is 2.67. The predicted octanol–water partition coefficient (Wildman–Crippen LogP) is 1.11. The smallest absolute Gasteiger partial charge is 0.251 e. The first-order chi connectivity index (χ1) is 12.7. The van der Waals surface area contributed by atoms with Gasteiger partial charge in [-0.25, -0.2) is 0 Å². The van der Waals surface area contributed by atoms with Crippen LogP contribution in [0, 0.1) is 0 Å². The van der Waals surface area contributed by atoms with Crippen LogP contribution >= 0.6 is 0 Å². The molecule has 2 N–H and O–H groups in total. The lowest BCUT2D eigenvalue weighted by Crippen LogP contribution is -2.50. The van der Waals surface area contributed by atoms with Gasteiger partial charge in [0.15, 0.2) is 6.10 Å². The van der Waals surface area contributed by atoms with Gasteiger partial charge in [-0.2, -0.15) is 0 Å². The first-order valence-corrected chi connectivity index (χ1v) is 9.56. The van der Waals surface area contributed by atoms with Gasteiger partial charge in [0.2, 0.25) is 0 Å². The van der Waals surface area contributed by atoms with Crippen LogP contribution in [0.3, 0.4) is 0 Å². The number of ether oxygens (including phenoxy) is 2. The summed E-state index contributed by atoms with van der Waals surface area (Å²) < 4.78 is 10.9. The van der Waals surface area contributed by atoms with E-state index in [0.717, 1.165) is 38.9 Å². The molecule has 1 saturated heterocycles. The number of aliphatic hydroxyl groups is 1. The molecular formula is C20H30N2O4. The third kappa shape index (κ3) is 5.04. The van der Waals surface area contributed by atoms with Crippen molar-refractivity contribution in [1.82, 2.24) is 10.2 Å². The molecule has 1 aromatic rings. The van der Waals surface area contributed by atoms with E-state index in [9.17, 15) is 9.90 Å². The van der Waals surface area contributed by atoms with E-state index in [2.05, 4.69) is 34.5 Å². The number of methoxy groups -OCH3 is 1. The Kier molecular flexibility index (Phi) is 7.02. The summed E-state index contributed by atoms with van der Waals surface area (Å²) in [7, 11) is 1.59. The zero-order valence-corrected chi connectivity index (χ0v) is 15.5. The molecular weight excluding hydrogens is 332 g/mol. The first-order valence-electron chi connectivity index (χ1n) is 9.56. The van der Waals surface area contributed by atoms with Crippen molar-refractivity contribution >= 4 is 5.91 Å². The summed E-state index contributed by atoms with van der Waals surface area (Å²) in [6.07, 6.45) is 1.91. The summed E-state index contributed by atoms with van der Waals surface area (Å²) in [5, 5.41) is 12.9. The van der Waals surface area contributed by atoms with Crippen LogP contribution in [0.1, 0.15) is 30.4 Å². The summed E-state index contributed by atoms with van der Waals surface area (Å²) in [5.41, 5.74) is 2.86. The Morgan fingerprint density at radius 3 is 2.96 bits per heavy atom. The number of carbonyl (C=O) groups is 1. The number of hydrogen-bond donors (Lipinski definition) is 2. The molecule has 2 aliphatic rings. The van der Waals surface area contributed by atoms with Gasteiger partial charge in [0.25, 0.3) is 5.91 Å². The van der Waals surface area contributed by atoms with Crippen LogP contribution in [0.25, 0.3) is 0 Å². The summed E-state index contributed by atoms with van der Waals surface area (Å²) in [6, 6.07) is 8.62. The van der Waals surface area contributed by atoms with Crippen molar-refractivity contribution in [2.45, 2.75) is 50.5 Å². The minimum absolute atomic E-state index is 0.0220. The van der Waals surface area contributed by atoms with Gasteiger partial charge in [0, 0.05) is 33.3 Å². The van der Waals surface area contributed by atoms with Crippen molar-refractivity contribution in [1.29, 1.82) is 0 Å². The maximum absolute atomic E-state index is 12.2. The molecule has 1 aromatic carbocycles. The maximum Gasteiger partial charge on any atom is 0.251 e. The van der Waals surface area contributed by atoms with Gasteiger partial charge in [-0.05, 0) is 36.8 Å². The van der Waals surface area contributed by atoms with E-state index in [1.165, 1.54) is 11.1 Å². The predicted molar refractivity (Wildman–Crippen MR) is 98.8 cm³/mol. The standard InChI is InChI=1S/C20H30N2O4/c1-25-13-10-21-20(24)19-18(23)7-6-17(26-19)9-12-22-11-8-15-4-2-3-5-16(15)14-22/h2-5,17-19,23H,6-14H2,1H3,(H,21,24)/t17-,18-,19-/m0/s1. The van der Waals surface area contributed by atoms with Gasteiger partial charge in [-0.3, -0.25) is 9.69 Å². The quantitative estimate of drug-likeness (QED) is 0.711. The van der Waals surface area contributed by atoms with E-state index in [4.69, 9.17) is 9.47 Å². The zero-order chi connectivity index (χ0) is 18.4. The second-order valence-electron chi connectivity index (χ2n) is 7.19. The Bertz CT molecular complexity index is 595. The van der Waals surface area contributed by atoms with Crippen LogP contribution < -0.4 is 5.32 Å². The first kappa shape index (κ1) is 19.3. The molecule has 0 unspecified atom stereocenters. The summed E-state index contributed by atoms with van der Waals surface area (Å²) >= 11 is 0. The molecule has 0 radical (unpaired) electrons. The molecule has 1 amide bonds. The topological polar surface area (TPSA) is 71.0 Å². The fourth-order valence-electron chi connectivity index (χ4n) is 3.77. The van der Waals surface area contributed by atoms with E-state index >= 15 is 0 Å². The number of aliphatic hydroxyl groups excluding tert-OH is 1. The second-order valence-corrected chi connectivity index (χ2v) is 7.19. The minimum Gasteiger partial charge on any atom is -0.390 e. The van der Waals surface area contributed by atoms with Gasteiger partial charge < -0.3 is 19.9 Å². The molecule has 3 rings (SSSR count). The number of nitrogens with zero attached hydrogens (tertiary/aromatic N) is 1. The van der Waals surface area contributed by atoms with Crippen LogP contribution in [0.5, 0.6) is 0 Å². The lowest BCUT2D eigenvalue weighted by molar-refractivity contribution is -0.158. The van der Waals surface area contributed by atoms with Crippen LogP contribution in [0.4, 0.5) is 0 Å². The third-order valence-electron chi connectivity index (χ3n) is 5.31.